The average Bonchev–Trinajstić information content (AvgIpc) is 2.47. The van der Waals surface area contributed by atoms with Crippen LogP contribution in [-0.2, 0) is 13.2 Å². The van der Waals surface area contributed by atoms with E-state index in [1.807, 2.05) is 42.5 Å². The first-order chi connectivity index (χ1) is 9.79. The van der Waals surface area contributed by atoms with Crippen molar-refractivity contribution in [1.82, 2.24) is 0 Å². The summed E-state index contributed by atoms with van der Waals surface area (Å²) >= 11 is 6.10. The van der Waals surface area contributed by atoms with Crippen LogP contribution in [0.1, 0.15) is 11.1 Å². The molecule has 0 spiro atoms. The molecular weight excluding hydrogens is 270 g/mol. The smallest absolute Gasteiger partial charge is 0.137 e. The zero-order chi connectivity index (χ0) is 14.2. The van der Waals surface area contributed by atoms with Gasteiger partial charge in [-0.05, 0) is 24.1 Å². The van der Waals surface area contributed by atoms with Crippen LogP contribution in [0.4, 0.5) is 0 Å². The van der Waals surface area contributed by atoms with Gasteiger partial charge in [-0.1, -0.05) is 41.9 Å². The Morgan fingerprint density at radius 2 is 2.00 bits per heavy atom. The summed E-state index contributed by atoms with van der Waals surface area (Å²) in [7, 11) is 0. The number of nitrogens with two attached hydrogens (primary N) is 1. The van der Waals surface area contributed by atoms with Crippen LogP contribution in [-0.4, -0.2) is 6.54 Å². The highest BCUT2D eigenvalue weighted by Gasteiger charge is 2.02. The topological polar surface area (TPSA) is 25.8 Å². The van der Waals surface area contributed by atoms with E-state index in [2.05, 4.69) is 17.3 Å². The SMILES string of the molecule is C#CC[NH2+]Cc1cccc(OCc2ccccc2Cl)c1. The Bertz CT molecular complexity index is 604. The number of terminal acetylenes is 1. The number of hydrogen-bond donors (Lipinski definition) is 1. The second-order valence-corrected chi connectivity index (χ2v) is 4.84. The molecule has 0 radical (unpaired) electrons. The molecule has 0 amide bonds. The summed E-state index contributed by atoms with van der Waals surface area (Å²) in [4.78, 5) is 0. The van der Waals surface area contributed by atoms with Gasteiger partial charge in [0.25, 0.3) is 0 Å². The summed E-state index contributed by atoms with van der Waals surface area (Å²) in [6.45, 7) is 2.01. The van der Waals surface area contributed by atoms with E-state index in [0.717, 1.165) is 22.9 Å². The van der Waals surface area contributed by atoms with Crippen molar-refractivity contribution in [2.75, 3.05) is 6.54 Å². The molecular formula is C17H17ClNO+. The van der Waals surface area contributed by atoms with Crippen LogP contribution in [0.5, 0.6) is 5.75 Å². The molecule has 0 fully saturated rings. The van der Waals surface area contributed by atoms with Crippen LogP contribution in [0.25, 0.3) is 0 Å². The summed E-state index contributed by atoms with van der Waals surface area (Å²) in [6, 6.07) is 15.7. The lowest BCUT2D eigenvalue weighted by Gasteiger charge is -2.08. The maximum atomic E-state index is 6.10. The van der Waals surface area contributed by atoms with Crippen LogP contribution in [0.3, 0.4) is 0 Å². The van der Waals surface area contributed by atoms with Gasteiger partial charge in [0.1, 0.15) is 25.4 Å². The zero-order valence-corrected chi connectivity index (χ0v) is 11.9. The van der Waals surface area contributed by atoms with Crippen molar-refractivity contribution in [2.24, 2.45) is 0 Å². The lowest BCUT2D eigenvalue weighted by molar-refractivity contribution is -0.660. The predicted octanol–water partition coefficient (Wildman–Crippen LogP) is 2.62. The number of hydrogen-bond acceptors (Lipinski definition) is 1. The van der Waals surface area contributed by atoms with Crippen molar-refractivity contribution in [3.63, 3.8) is 0 Å². The molecule has 2 aromatic rings. The molecule has 0 aliphatic carbocycles. The van der Waals surface area contributed by atoms with E-state index in [1.54, 1.807) is 0 Å². The number of quaternary nitrogens is 1. The monoisotopic (exact) mass is 286 g/mol. The highest BCUT2D eigenvalue weighted by atomic mass is 35.5. The van der Waals surface area contributed by atoms with E-state index in [9.17, 15) is 0 Å². The quantitative estimate of drug-likeness (QED) is 0.641. The molecule has 0 aliphatic rings. The van der Waals surface area contributed by atoms with E-state index in [1.165, 1.54) is 5.56 Å². The van der Waals surface area contributed by atoms with Crippen LogP contribution < -0.4 is 10.1 Å². The van der Waals surface area contributed by atoms with Gasteiger partial charge in [0, 0.05) is 16.1 Å². The van der Waals surface area contributed by atoms with Crippen molar-refractivity contribution in [3.8, 4) is 18.1 Å². The number of rotatable bonds is 6. The van der Waals surface area contributed by atoms with Gasteiger partial charge in [-0.25, -0.2) is 0 Å². The Morgan fingerprint density at radius 3 is 2.80 bits per heavy atom. The Balaban J connectivity index is 1.95. The molecule has 0 heterocycles. The van der Waals surface area contributed by atoms with Gasteiger partial charge in [-0.15, -0.1) is 6.42 Å². The average molecular weight is 287 g/mol. The van der Waals surface area contributed by atoms with Gasteiger partial charge in [0.05, 0.1) is 0 Å². The van der Waals surface area contributed by atoms with Crippen molar-refractivity contribution in [1.29, 1.82) is 0 Å². The Labute approximate surface area is 124 Å². The van der Waals surface area contributed by atoms with Crippen molar-refractivity contribution < 1.29 is 10.1 Å². The first kappa shape index (κ1) is 14.5. The lowest BCUT2D eigenvalue weighted by atomic mass is 10.2. The van der Waals surface area contributed by atoms with E-state index in [0.29, 0.717) is 13.2 Å². The molecule has 3 heteroatoms. The predicted molar refractivity (Wildman–Crippen MR) is 81.6 cm³/mol. The minimum Gasteiger partial charge on any atom is -0.489 e. The minimum atomic E-state index is 0.469. The van der Waals surface area contributed by atoms with Crippen molar-refractivity contribution in [2.45, 2.75) is 13.2 Å². The van der Waals surface area contributed by atoms with Gasteiger partial charge in [-0.2, -0.15) is 0 Å². The van der Waals surface area contributed by atoms with Gasteiger partial charge in [0.15, 0.2) is 0 Å². The van der Waals surface area contributed by atoms with E-state index in [4.69, 9.17) is 22.8 Å². The van der Waals surface area contributed by atoms with Gasteiger partial charge < -0.3 is 10.1 Å². The summed E-state index contributed by atoms with van der Waals surface area (Å²) in [5.41, 5.74) is 2.18. The molecule has 0 saturated heterocycles. The van der Waals surface area contributed by atoms with E-state index in [-0.39, 0.29) is 0 Å². The number of ether oxygens (including phenoxy) is 1. The molecule has 2 rings (SSSR count). The third-order valence-corrected chi connectivity index (χ3v) is 3.26. The Hall–Kier alpha value is -1.95. The standard InChI is InChI=1S/C17H16ClNO/c1-2-10-19-12-14-6-5-8-16(11-14)20-13-15-7-3-4-9-17(15)18/h1,3-9,11,19H,10,12-13H2/p+1. The van der Waals surface area contributed by atoms with Crippen molar-refractivity contribution in [3.05, 3.63) is 64.7 Å². The molecule has 102 valence electrons. The maximum Gasteiger partial charge on any atom is 0.137 e. The molecule has 0 atom stereocenters. The highest BCUT2D eigenvalue weighted by molar-refractivity contribution is 6.31. The second kappa shape index (κ2) is 7.59. The third-order valence-electron chi connectivity index (χ3n) is 2.89. The fourth-order valence-electron chi connectivity index (χ4n) is 1.86. The van der Waals surface area contributed by atoms with Crippen LogP contribution in [0.15, 0.2) is 48.5 Å². The number of benzene rings is 2. The summed E-state index contributed by atoms with van der Waals surface area (Å²) in [5.74, 6) is 3.45. The molecule has 20 heavy (non-hydrogen) atoms. The Kier molecular flexibility index (Phi) is 5.49. The molecule has 2 N–H and O–H groups in total. The molecule has 0 unspecified atom stereocenters. The molecule has 0 bridgehead atoms. The largest absolute Gasteiger partial charge is 0.489 e. The second-order valence-electron chi connectivity index (χ2n) is 4.43. The molecule has 0 aliphatic heterocycles. The first-order valence-electron chi connectivity index (χ1n) is 6.50. The molecule has 2 nitrogen and oxygen atoms in total. The lowest BCUT2D eigenvalue weighted by Crippen LogP contribution is -2.82. The normalized spacial score (nSPS) is 10.0. The number of halogens is 1. The fourth-order valence-corrected chi connectivity index (χ4v) is 2.05. The van der Waals surface area contributed by atoms with Crippen molar-refractivity contribution >= 4 is 11.6 Å². The minimum absolute atomic E-state index is 0.469. The Morgan fingerprint density at radius 1 is 1.15 bits per heavy atom. The summed E-state index contributed by atoms with van der Waals surface area (Å²) < 4.78 is 5.78. The maximum absolute atomic E-state index is 6.10. The first-order valence-corrected chi connectivity index (χ1v) is 6.87. The fraction of sp³-hybridized carbons (Fsp3) is 0.176. The molecule has 0 saturated carbocycles. The highest BCUT2D eigenvalue weighted by Crippen LogP contribution is 2.19. The van der Waals surface area contributed by atoms with Crippen LogP contribution in [0, 0.1) is 12.3 Å². The summed E-state index contributed by atoms with van der Waals surface area (Å²) in [5, 5.41) is 2.80. The van der Waals surface area contributed by atoms with Gasteiger partial charge >= 0.3 is 0 Å². The van der Waals surface area contributed by atoms with Gasteiger partial charge in [-0.3, -0.25) is 0 Å². The summed E-state index contributed by atoms with van der Waals surface area (Å²) in [6.07, 6.45) is 5.23. The van der Waals surface area contributed by atoms with Crippen LogP contribution in [0.2, 0.25) is 5.02 Å². The van der Waals surface area contributed by atoms with E-state index < -0.39 is 0 Å². The van der Waals surface area contributed by atoms with E-state index >= 15 is 0 Å². The zero-order valence-electron chi connectivity index (χ0n) is 11.2. The third kappa shape index (κ3) is 4.31. The van der Waals surface area contributed by atoms with Gasteiger partial charge in [0.2, 0.25) is 0 Å². The molecule has 0 aromatic heterocycles. The van der Waals surface area contributed by atoms with Crippen LogP contribution >= 0.6 is 11.6 Å². The molecule has 2 aromatic carbocycles.